The number of nitriles is 1. The number of anilines is 1. The Morgan fingerprint density at radius 3 is 2.58 bits per heavy atom. The van der Waals surface area contributed by atoms with Gasteiger partial charge in [-0.25, -0.2) is 22.2 Å². The van der Waals surface area contributed by atoms with Crippen LogP contribution in [-0.4, -0.2) is 36.1 Å². The number of nitrogens with zero attached hydrogens (tertiary/aromatic N) is 2. The Hall–Kier alpha value is -3.53. The summed E-state index contributed by atoms with van der Waals surface area (Å²) >= 11 is 0. The normalized spacial score (nSPS) is 12.0. The second-order valence-corrected chi connectivity index (χ2v) is 8.14. The Kier molecular flexibility index (Phi) is 5.68. The molecule has 0 aliphatic heterocycles. The molecule has 0 saturated heterocycles. The number of hydrogen-bond acceptors (Lipinski definition) is 5. The molecule has 2 N–H and O–H groups in total. The number of rotatable bonds is 6. The maximum atomic E-state index is 14.9. The summed E-state index contributed by atoms with van der Waals surface area (Å²) in [6.45, 7) is 0. The summed E-state index contributed by atoms with van der Waals surface area (Å²) in [6.07, 6.45) is -4.09. The number of sulfonamides is 1. The minimum atomic E-state index is -4.76. The van der Waals surface area contributed by atoms with E-state index >= 15 is 0 Å². The van der Waals surface area contributed by atoms with Crippen LogP contribution in [0.3, 0.4) is 0 Å². The van der Waals surface area contributed by atoms with Crippen molar-refractivity contribution < 1.29 is 35.2 Å². The Bertz CT molecular complexity index is 1330. The molecule has 0 aliphatic rings. The average Bonchev–Trinajstić information content (AvgIpc) is 3.12. The Balaban J connectivity index is 2.02. The molecule has 3 aromatic rings. The number of hydrogen-bond donors (Lipinski definition) is 2. The van der Waals surface area contributed by atoms with Crippen LogP contribution in [0.1, 0.15) is 27.9 Å². The molecule has 2 heterocycles. The van der Waals surface area contributed by atoms with E-state index in [9.17, 15) is 40.4 Å². The van der Waals surface area contributed by atoms with Crippen LogP contribution in [0.15, 0.2) is 30.6 Å². The summed E-state index contributed by atoms with van der Waals surface area (Å²) in [5.41, 5.74) is -2.24. The molecule has 0 amide bonds. The van der Waals surface area contributed by atoms with Gasteiger partial charge in [-0.15, -0.1) is 0 Å². The lowest BCUT2D eigenvalue weighted by Crippen LogP contribution is -2.23. The fourth-order valence-electron chi connectivity index (χ4n) is 2.77. The van der Waals surface area contributed by atoms with Crippen LogP contribution in [0.25, 0.3) is 11.0 Å². The average molecular weight is 458 g/mol. The lowest BCUT2D eigenvalue weighted by molar-refractivity contribution is -0.129. The first-order valence-electron chi connectivity index (χ1n) is 8.39. The number of carbonyl (C=O) groups excluding carboxylic acids is 1. The van der Waals surface area contributed by atoms with E-state index < -0.39 is 57.0 Å². The predicted molar refractivity (Wildman–Crippen MR) is 98.7 cm³/mol. The van der Waals surface area contributed by atoms with Crippen LogP contribution in [0.5, 0.6) is 0 Å². The number of alkyl halides is 3. The highest BCUT2D eigenvalue weighted by molar-refractivity contribution is 7.92. The molecule has 1 aromatic carbocycles. The van der Waals surface area contributed by atoms with Gasteiger partial charge in [-0.2, -0.15) is 18.4 Å². The van der Waals surface area contributed by atoms with E-state index in [1.807, 2.05) is 6.07 Å². The quantitative estimate of drug-likeness (QED) is 0.432. The number of nitrogens with one attached hydrogen (secondary N) is 2. The van der Waals surface area contributed by atoms with Crippen molar-refractivity contribution in [2.75, 3.05) is 10.5 Å². The van der Waals surface area contributed by atoms with Crippen molar-refractivity contribution in [1.82, 2.24) is 9.97 Å². The van der Waals surface area contributed by atoms with Crippen molar-refractivity contribution in [3.8, 4) is 6.07 Å². The molecule has 0 spiro atoms. The molecule has 0 atom stereocenters. The largest absolute Gasteiger partial charge is 0.390 e. The molecule has 0 unspecified atom stereocenters. The summed E-state index contributed by atoms with van der Waals surface area (Å²) in [4.78, 5) is 19.3. The zero-order chi connectivity index (χ0) is 23.0. The number of aromatic amines is 1. The molecular formula is C18H11F5N4O3S. The lowest BCUT2D eigenvalue weighted by atomic mass is 10.00. The first-order valence-corrected chi connectivity index (χ1v) is 10.0. The van der Waals surface area contributed by atoms with Gasteiger partial charge in [0.2, 0.25) is 15.8 Å². The second-order valence-electron chi connectivity index (χ2n) is 6.30. The van der Waals surface area contributed by atoms with Crippen LogP contribution in [0.4, 0.5) is 27.6 Å². The zero-order valence-corrected chi connectivity index (χ0v) is 16.0. The van der Waals surface area contributed by atoms with Gasteiger partial charge < -0.3 is 4.98 Å². The van der Waals surface area contributed by atoms with Crippen LogP contribution in [0, 0.1) is 23.0 Å². The van der Waals surface area contributed by atoms with Crippen LogP contribution >= 0.6 is 0 Å². The smallest absolute Gasteiger partial charge is 0.345 e. The number of carbonyl (C=O) groups is 1. The van der Waals surface area contributed by atoms with E-state index in [0.717, 1.165) is 6.20 Å². The van der Waals surface area contributed by atoms with E-state index in [1.165, 1.54) is 12.3 Å². The van der Waals surface area contributed by atoms with Crippen molar-refractivity contribution >= 4 is 32.5 Å². The number of H-pyrrole nitrogens is 1. The molecule has 0 bridgehead atoms. The van der Waals surface area contributed by atoms with Gasteiger partial charge in [0.1, 0.15) is 11.5 Å². The van der Waals surface area contributed by atoms with E-state index in [1.54, 1.807) is 4.72 Å². The van der Waals surface area contributed by atoms with Crippen molar-refractivity contribution in [2.45, 2.75) is 12.6 Å². The Labute approximate surface area is 171 Å². The molecule has 3 rings (SSSR count). The lowest BCUT2D eigenvalue weighted by Gasteiger charge is -2.12. The standard InChI is InChI=1S/C18H11F5N4O3S/c19-11-1-2-12(27-31(29,30)6-4-18(21,22)23)15(20)14(11)16(28)10-8-26-17-13(10)9(7-24)3-5-25-17/h1-3,5,8,27H,4,6H2,(H,25,26). The number of benzene rings is 1. The number of aromatic nitrogens is 2. The van der Waals surface area contributed by atoms with Crippen LogP contribution < -0.4 is 4.72 Å². The van der Waals surface area contributed by atoms with E-state index in [0.29, 0.717) is 12.1 Å². The molecular weight excluding hydrogens is 447 g/mol. The monoisotopic (exact) mass is 458 g/mol. The highest BCUT2D eigenvalue weighted by atomic mass is 32.2. The van der Waals surface area contributed by atoms with Gasteiger partial charge in [-0.05, 0) is 18.2 Å². The minimum absolute atomic E-state index is 0.000533. The molecule has 0 fully saturated rings. The van der Waals surface area contributed by atoms with Gasteiger partial charge in [0, 0.05) is 17.8 Å². The van der Waals surface area contributed by atoms with Gasteiger partial charge in [-0.1, -0.05) is 0 Å². The van der Waals surface area contributed by atoms with Crippen molar-refractivity contribution in [2.24, 2.45) is 0 Å². The Morgan fingerprint density at radius 1 is 1.23 bits per heavy atom. The van der Waals surface area contributed by atoms with Crippen LogP contribution in [-0.2, 0) is 10.0 Å². The predicted octanol–water partition coefficient (Wildman–Crippen LogP) is 3.64. The molecule has 13 heteroatoms. The second kappa shape index (κ2) is 7.95. The third kappa shape index (κ3) is 4.64. The van der Waals surface area contributed by atoms with E-state index in [2.05, 4.69) is 9.97 Å². The number of ketones is 1. The number of halogens is 5. The van der Waals surface area contributed by atoms with Crippen molar-refractivity contribution in [1.29, 1.82) is 5.26 Å². The van der Waals surface area contributed by atoms with Gasteiger partial charge in [0.05, 0.1) is 40.6 Å². The van der Waals surface area contributed by atoms with Crippen molar-refractivity contribution in [3.63, 3.8) is 0 Å². The van der Waals surface area contributed by atoms with Gasteiger partial charge in [0.25, 0.3) is 0 Å². The molecule has 0 aliphatic carbocycles. The molecule has 7 nitrogen and oxygen atoms in total. The summed E-state index contributed by atoms with van der Waals surface area (Å²) < 4.78 is 91.3. The molecule has 162 valence electrons. The molecule has 2 aromatic heterocycles. The highest BCUT2D eigenvalue weighted by Gasteiger charge is 2.31. The zero-order valence-electron chi connectivity index (χ0n) is 15.2. The fraction of sp³-hybridized carbons (Fsp3) is 0.167. The summed E-state index contributed by atoms with van der Waals surface area (Å²) in [5.74, 6) is -5.56. The minimum Gasteiger partial charge on any atom is -0.345 e. The van der Waals surface area contributed by atoms with Crippen molar-refractivity contribution in [3.05, 3.63) is 58.9 Å². The number of pyridine rings is 1. The maximum Gasteiger partial charge on any atom is 0.390 e. The topological polar surface area (TPSA) is 116 Å². The summed E-state index contributed by atoms with van der Waals surface area (Å²) in [7, 11) is -4.65. The molecule has 0 saturated carbocycles. The molecule has 31 heavy (non-hydrogen) atoms. The van der Waals surface area contributed by atoms with E-state index in [-0.39, 0.29) is 22.2 Å². The van der Waals surface area contributed by atoms with E-state index in [4.69, 9.17) is 0 Å². The maximum absolute atomic E-state index is 14.9. The first kappa shape index (κ1) is 22.2. The number of fused-ring (bicyclic) bond motifs is 1. The first-order chi connectivity index (χ1) is 14.4. The SMILES string of the molecule is N#Cc1ccnc2[nH]cc(C(=O)c3c(F)ccc(NS(=O)(=O)CCC(F)(F)F)c3F)c12. The highest BCUT2D eigenvalue weighted by Crippen LogP contribution is 2.29. The summed E-state index contributed by atoms with van der Waals surface area (Å²) in [6, 6.07) is 4.34. The third-order valence-corrected chi connectivity index (χ3v) is 5.45. The van der Waals surface area contributed by atoms with Gasteiger partial charge in [-0.3, -0.25) is 9.52 Å². The Morgan fingerprint density at radius 2 is 1.94 bits per heavy atom. The fourth-order valence-corrected chi connectivity index (χ4v) is 3.87. The molecule has 0 radical (unpaired) electrons. The summed E-state index contributed by atoms with van der Waals surface area (Å²) in [5, 5.41) is 9.22. The van der Waals surface area contributed by atoms with Crippen LogP contribution in [0.2, 0.25) is 0 Å². The van der Waals surface area contributed by atoms with Gasteiger partial charge in [0.15, 0.2) is 5.82 Å². The van der Waals surface area contributed by atoms with Gasteiger partial charge >= 0.3 is 6.18 Å². The third-order valence-electron chi connectivity index (χ3n) is 4.18.